The molecule has 0 radical (unpaired) electrons. The molecule has 1 N–H and O–H groups in total. The van der Waals surface area contributed by atoms with Gasteiger partial charge in [0.15, 0.2) is 23.0 Å². The zero-order valence-electron chi connectivity index (χ0n) is 18.1. The van der Waals surface area contributed by atoms with Crippen LogP contribution in [0.15, 0.2) is 36.4 Å². The summed E-state index contributed by atoms with van der Waals surface area (Å²) >= 11 is 0. The van der Waals surface area contributed by atoms with Crippen molar-refractivity contribution in [3.05, 3.63) is 42.0 Å². The first-order valence-corrected chi connectivity index (χ1v) is 10.2. The van der Waals surface area contributed by atoms with Gasteiger partial charge in [-0.05, 0) is 37.1 Å². The van der Waals surface area contributed by atoms with Crippen LogP contribution in [-0.4, -0.2) is 57.2 Å². The first kappa shape index (κ1) is 22.3. The van der Waals surface area contributed by atoms with Crippen molar-refractivity contribution in [1.29, 1.82) is 0 Å². The van der Waals surface area contributed by atoms with E-state index < -0.39 is 0 Å². The number of ether oxygens (including phenoxy) is 4. The topological polar surface area (TPSA) is 86.3 Å². The average Bonchev–Trinajstić information content (AvgIpc) is 2.80. The summed E-state index contributed by atoms with van der Waals surface area (Å²) in [5, 5.41) is 2.81. The molecule has 8 heteroatoms. The van der Waals surface area contributed by atoms with E-state index in [0.29, 0.717) is 54.9 Å². The van der Waals surface area contributed by atoms with Crippen LogP contribution in [0.2, 0.25) is 0 Å². The van der Waals surface area contributed by atoms with Crippen molar-refractivity contribution < 1.29 is 28.5 Å². The molecule has 1 heterocycles. The molecule has 0 atom stereocenters. The lowest BCUT2D eigenvalue weighted by Gasteiger charge is -2.22. The highest BCUT2D eigenvalue weighted by atomic mass is 16.6. The molecule has 166 valence electrons. The summed E-state index contributed by atoms with van der Waals surface area (Å²) in [4.78, 5) is 26.7. The molecule has 2 aromatic carbocycles. The predicted molar refractivity (Wildman–Crippen MR) is 116 cm³/mol. The van der Waals surface area contributed by atoms with Gasteiger partial charge in [-0.25, -0.2) is 0 Å². The van der Waals surface area contributed by atoms with Crippen LogP contribution < -0.4 is 24.3 Å². The van der Waals surface area contributed by atoms with E-state index in [-0.39, 0.29) is 24.8 Å². The van der Waals surface area contributed by atoms with Crippen LogP contribution in [0.4, 0.5) is 5.69 Å². The molecule has 0 aliphatic carbocycles. The van der Waals surface area contributed by atoms with Gasteiger partial charge in [-0.15, -0.1) is 0 Å². The predicted octanol–water partition coefficient (Wildman–Crippen LogP) is 2.89. The summed E-state index contributed by atoms with van der Waals surface area (Å²) in [5.41, 5.74) is 1.48. The van der Waals surface area contributed by atoms with Gasteiger partial charge < -0.3 is 29.2 Å². The minimum atomic E-state index is -0.272. The largest absolute Gasteiger partial charge is 0.493 e. The zero-order chi connectivity index (χ0) is 22.2. The first-order valence-electron chi connectivity index (χ1n) is 10.2. The molecular formula is C23H28N2O6. The summed E-state index contributed by atoms with van der Waals surface area (Å²) in [6.45, 7) is 3.23. The number of para-hydroxylation sites is 1. The van der Waals surface area contributed by atoms with Crippen LogP contribution in [0.25, 0.3) is 0 Å². The summed E-state index contributed by atoms with van der Waals surface area (Å²) in [5.74, 6) is 2.12. The monoisotopic (exact) mass is 428 g/mol. The lowest BCUT2D eigenvalue weighted by atomic mass is 10.1. The molecule has 31 heavy (non-hydrogen) atoms. The molecule has 0 spiro atoms. The lowest BCUT2D eigenvalue weighted by molar-refractivity contribution is -0.134. The molecule has 3 rings (SSSR count). The molecule has 2 aromatic rings. The van der Waals surface area contributed by atoms with E-state index in [2.05, 4.69) is 5.32 Å². The standard InChI is InChI=1S/C23H28N2O6/c1-4-25(22(27)11-8-16-6-5-7-19(28-2)23(16)29-3)15-21(26)24-17-9-10-18-20(14-17)31-13-12-30-18/h5-7,9-10,14H,4,8,11-13,15H2,1-3H3,(H,24,26). The Kier molecular flexibility index (Phi) is 7.59. The smallest absolute Gasteiger partial charge is 0.243 e. The van der Waals surface area contributed by atoms with Crippen LogP contribution in [0.5, 0.6) is 23.0 Å². The number of likely N-dealkylation sites (N-methyl/N-ethyl adjacent to an activating group) is 1. The third-order valence-electron chi connectivity index (χ3n) is 4.99. The molecule has 0 saturated carbocycles. The Bertz CT molecular complexity index is 930. The summed E-state index contributed by atoms with van der Waals surface area (Å²) in [6, 6.07) is 10.8. The third kappa shape index (κ3) is 5.59. The molecule has 0 saturated heterocycles. The van der Waals surface area contributed by atoms with E-state index in [1.54, 1.807) is 32.4 Å². The Morgan fingerprint density at radius 2 is 1.84 bits per heavy atom. The van der Waals surface area contributed by atoms with Gasteiger partial charge in [-0.1, -0.05) is 12.1 Å². The number of amides is 2. The van der Waals surface area contributed by atoms with E-state index in [4.69, 9.17) is 18.9 Å². The number of hydrogen-bond donors (Lipinski definition) is 1. The average molecular weight is 428 g/mol. The number of nitrogens with zero attached hydrogens (tertiary/aromatic N) is 1. The Morgan fingerprint density at radius 1 is 1.06 bits per heavy atom. The lowest BCUT2D eigenvalue weighted by Crippen LogP contribution is -2.38. The van der Waals surface area contributed by atoms with Gasteiger partial charge >= 0.3 is 0 Å². The van der Waals surface area contributed by atoms with Crippen LogP contribution >= 0.6 is 0 Å². The minimum Gasteiger partial charge on any atom is -0.493 e. The molecule has 0 unspecified atom stereocenters. The van der Waals surface area contributed by atoms with E-state index in [0.717, 1.165) is 5.56 Å². The minimum absolute atomic E-state index is 0.0287. The first-order chi connectivity index (χ1) is 15.0. The molecule has 0 aromatic heterocycles. The number of hydrogen-bond acceptors (Lipinski definition) is 6. The maximum Gasteiger partial charge on any atom is 0.243 e. The molecule has 1 aliphatic rings. The number of benzene rings is 2. The number of methoxy groups -OCH3 is 2. The molecule has 0 fully saturated rings. The van der Waals surface area contributed by atoms with Gasteiger partial charge in [0.25, 0.3) is 0 Å². The van der Waals surface area contributed by atoms with Crippen molar-refractivity contribution in [1.82, 2.24) is 4.90 Å². The molecule has 2 amide bonds. The van der Waals surface area contributed by atoms with Gasteiger partial charge in [0.2, 0.25) is 11.8 Å². The van der Waals surface area contributed by atoms with Gasteiger partial charge in [-0.2, -0.15) is 0 Å². The van der Waals surface area contributed by atoms with Gasteiger partial charge in [0.1, 0.15) is 13.2 Å². The summed E-state index contributed by atoms with van der Waals surface area (Å²) < 4.78 is 21.7. The summed E-state index contributed by atoms with van der Waals surface area (Å²) in [7, 11) is 3.15. The fourth-order valence-electron chi connectivity index (χ4n) is 3.42. The maximum atomic E-state index is 12.7. The van der Waals surface area contributed by atoms with E-state index in [1.807, 2.05) is 25.1 Å². The fraction of sp³-hybridized carbons (Fsp3) is 0.391. The highest BCUT2D eigenvalue weighted by Gasteiger charge is 2.18. The summed E-state index contributed by atoms with van der Waals surface area (Å²) in [6.07, 6.45) is 0.744. The van der Waals surface area contributed by atoms with Crippen LogP contribution in [-0.2, 0) is 16.0 Å². The number of anilines is 1. The number of rotatable bonds is 9. The maximum absolute atomic E-state index is 12.7. The van der Waals surface area contributed by atoms with Crippen LogP contribution in [0.3, 0.4) is 0 Å². The Balaban J connectivity index is 1.57. The Hall–Kier alpha value is -3.42. The van der Waals surface area contributed by atoms with Crippen molar-refractivity contribution in [2.75, 3.05) is 45.8 Å². The molecule has 1 aliphatic heterocycles. The van der Waals surface area contributed by atoms with Crippen molar-refractivity contribution in [3.63, 3.8) is 0 Å². The van der Waals surface area contributed by atoms with E-state index in [9.17, 15) is 9.59 Å². The molecule has 0 bridgehead atoms. The highest BCUT2D eigenvalue weighted by molar-refractivity contribution is 5.94. The van der Waals surface area contributed by atoms with Crippen molar-refractivity contribution in [3.8, 4) is 23.0 Å². The second kappa shape index (κ2) is 10.6. The second-order valence-electron chi connectivity index (χ2n) is 6.97. The van der Waals surface area contributed by atoms with E-state index in [1.165, 1.54) is 4.90 Å². The molecule has 8 nitrogen and oxygen atoms in total. The highest BCUT2D eigenvalue weighted by Crippen LogP contribution is 2.33. The van der Waals surface area contributed by atoms with E-state index >= 15 is 0 Å². The van der Waals surface area contributed by atoms with Gasteiger partial charge in [0.05, 0.1) is 20.8 Å². The number of carbonyl (C=O) groups is 2. The van der Waals surface area contributed by atoms with Crippen molar-refractivity contribution >= 4 is 17.5 Å². The van der Waals surface area contributed by atoms with Crippen LogP contribution in [0, 0.1) is 0 Å². The zero-order valence-corrected chi connectivity index (χ0v) is 18.1. The number of aryl methyl sites for hydroxylation is 1. The molecular weight excluding hydrogens is 400 g/mol. The van der Waals surface area contributed by atoms with Crippen LogP contribution in [0.1, 0.15) is 18.9 Å². The third-order valence-corrected chi connectivity index (χ3v) is 4.99. The fourth-order valence-corrected chi connectivity index (χ4v) is 3.42. The van der Waals surface area contributed by atoms with Gasteiger partial charge in [-0.3, -0.25) is 9.59 Å². The number of fused-ring (bicyclic) bond motifs is 1. The van der Waals surface area contributed by atoms with Crippen molar-refractivity contribution in [2.45, 2.75) is 19.8 Å². The second-order valence-corrected chi connectivity index (χ2v) is 6.97. The number of nitrogens with one attached hydrogen (secondary N) is 1. The Morgan fingerprint density at radius 3 is 2.55 bits per heavy atom. The SMILES string of the molecule is CCN(CC(=O)Nc1ccc2c(c1)OCCO2)C(=O)CCc1cccc(OC)c1OC. The number of carbonyl (C=O) groups excluding carboxylic acids is 2. The van der Waals surface area contributed by atoms with Crippen molar-refractivity contribution in [2.24, 2.45) is 0 Å². The van der Waals surface area contributed by atoms with Gasteiger partial charge in [0, 0.05) is 24.7 Å². The Labute approximate surface area is 182 Å². The normalized spacial score (nSPS) is 12.1. The quantitative estimate of drug-likeness (QED) is 0.661.